The Morgan fingerprint density at radius 1 is 1.12 bits per heavy atom. The molecule has 4 aromatic rings. The second-order valence-corrected chi connectivity index (χ2v) is 5.81. The lowest BCUT2D eigenvalue weighted by molar-refractivity contribution is 0.0950. The Kier molecular flexibility index (Phi) is 3.91. The number of amides is 1. The number of halogens is 1. The zero-order valence-corrected chi connectivity index (χ0v) is 13.8. The maximum Gasteiger partial charge on any atom is 0.254 e. The van der Waals surface area contributed by atoms with Crippen LogP contribution >= 0.6 is 11.6 Å². The summed E-state index contributed by atoms with van der Waals surface area (Å²) in [5, 5.41) is 15.8. The number of hydrogen-bond acceptors (Lipinski definition) is 4. The van der Waals surface area contributed by atoms with Gasteiger partial charge in [0.1, 0.15) is 0 Å². The molecule has 0 aliphatic carbocycles. The zero-order valence-electron chi connectivity index (χ0n) is 13.0. The average molecular weight is 353 g/mol. The highest BCUT2D eigenvalue weighted by molar-refractivity contribution is 6.30. The van der Waals surface area contributed by atoms with Crippen LogP contribution in [0.25, 0.3) is 11.3 Å². The van der Waals surface area contributed by atoms with Crippen molar-refractivity contribution in [2.75, 3.05) is 0 Å². The van der Waals surface area contributed by atoms with Gasteiger partial charge in [0.25, 0.3) is 5.91 Å². The summed E-state index contributed by atoms with van der Waals surface area (Å²) in [7, 11) is 0. The van der Waals surface area contributed by atoms with E-state index in [4.69, 9.17) is 11.6 Å². The van der Waals surface area contributed by atoms with Crippen LogP contribution in [0.4, 0.5) is 0 Å². The number of nitrogens with one attached hydrogen (secondary N) is 1. The molecule has 0 spiro atoms. The molecule has 0 atom stereocenters. The Balaban J connectivity index is 1.47. The lowest BCUT2D eigenvalue weighted by atomic mass is 10.3. The minimum Gasteiger partial charge on any atom is -0.345 e. The zero-order chi connectivity index (χ0) is 17.2. The van der Waals surface area contributed by atoms with E-state index in [1.54, 1.807) is 23.0 Å². The SMILES string of the molecule is O=C(NCc1nnc2ccccn12)c1cnn(-c2ccc(Cl)cc2)c1. The number of benzene rings is 1. The van der Waals surface area contributed by atoms with Crippen molar-refractivity contribution >= 4 is 23.2 Å². The summed E-state index contributed by atoms with van der Waals surface area (Å²) < 4.78 is 3.45. The van der Waals surface area contributed by atoms with Crippen LogP contribution in [0, 0.1) is 0 Å². The van der Waals surface area contributed by atoms with E-state index in [0.717, 1.165) is 11.3 Å². The third kappa shape index (κ3) is 3.09. The number of hydrogen-bond donors (Lipinski definition) is 1. The quantitative estimate of drug-likeness (QED) is 0.612. The van der Waals surface area contributed by atoms with Crippen molar-refractivity contribution in [3.8, 4) is 5.69 Å². The van der Waals surface area contributed by atoms with Gasteiger partial charge in [-0.15, -0.1) is 10.2 Å². The largest absolute Gasteiger partial charge is 0.345 e. The second kappa shape index (κ2) is 6.37. The van der Waals surface area contributed by atoms with Crippen molar-refractivity contribution in [2.45, 2.75) is 6.54 Å². The molecule has 1 N–H and O–H groups in total. The normalized spacial score (nSPS) is 10.9. The second-order valence-electron chi connectivity index (χ2n) is 5.38. The lowest BCUT2D eigenvalue weighted by Gasteiger charge is -2.02. The molecule has 3 aromatic heterocycles. The molecular formula is C17H13ClN6O. The molecule has 0 aliphatic heterocycles. The van der Waals surface area contributed by atoms with E-state index in [-0.39, 0.29) is 12.5 Å². The van der Waals surface area contributed by atoms with Crippen LogP contribution in [0.5, 0.6) is 0 Å². The molecule has 124 valence electrons. The van der Waals surface area contributed by atoms with Gasteiger partial charge < -0.3 is 5.32 Å². The van der Waals surface area contributed by atoms with Gasteiger partial charge in [-0.2, -0.15) is 5.10 Å². The number of pyridine rings is 1. The monoisotopic (exact) mass is 352 g/mol. The topological polar surface area (TPSA) is 77.1 Å². The molecule has 0 radical (unpaired) electrons. The molecule has 25 heavy (non-hydrogen) atoms. The molecule has 0 fully saturated rings. The van der Waals surface area contributed by atoms with Gasteiger partial charge in [-0.25, -0.2) is 4.68 Å². The van der Waals surface area contributed by atoms with Crippen LogP contribution in [0.15, 0.2) is 61.1 Å². The van der Waals surface area contributed by atoms with Crippen LogP contribution in [-0.2, 0) is 6.54 Å². The highest BCUT2D eigenvalue weighted by Gasteiger charge is 2.11. The molecule has 8 heteroatoms. The van der Waals surface area contributed by atoms with E-state index in [0.29, 0.717) is 16.4 Å². The van der Waals surface area contributed by atoms with Gasteiger partial charge in [0, 0.05) is 17.4 Å². The van der Waals surface area contributed by atoms with Crippen LogP contribution in [0.1, 0.15) is 16.2 Å². The van der Waals surface area contributed by atoms with Crippen LogP contribution < -0.4 is 5.32 Å². The summed E-state index contributed by atoms with van der Waals surface area (Å²) in [5.41, 5.74) is 2.03. The van der Waals surface area contributed by atoms with E-state index in [2.05, 4.69) is 20.6 Å². The summed E-state index contributed by atoms with van der Waals surface area (Å²) >= 11 is 5.88. The number of rotatable bonds is 4. The van der Waals surface area contributed by atoms with Gasteiger partial charge in [0.05, 0.1) is 24.0 Å². The Hall–Kier alpha value is -3.19. The molecule has 0 saturated heterocycles. The number of nitrogens with zero attached hydrogens (tertiary/aromatic N) is 5. The van der Waals surface area contributed by atoms with E-state index >= 15 is 0 Å². The Bertz CT molecular complexity index is 1040. The molecule has 3 heterocycles. The predicted octanol–water partition coefficient (Wildman–Crippen LogP) is 2.50. The predicted molar refractivity (Wildman–Crippen MR) is 92.7 cm³/mol. The third-order valence-electron chi connectivity index (χ3n) is 3.73. The van der Waals surface area contributed by atoms with E-state index in [9.17, 15) is 4.79 Å². The summed E-state index contributed by atoms with van der Waals surface area (Å²) in [5.74, 6) is 0.432. The first-order valence-electron chi connectivity index (χ1n) is 7.58. The Labute approximate surface area is 147 Å². The number of carbonyl (C=O) groups excluding carboxylic acids is 1. The smallest absolute Gasteiger partial charge is 0.254 e. The van der Waals surface area contributed by atoms with Gasteiger partial charge in [-0.1, -0.05) is 17.7 Å². The molecule has 0 unspecified atom stereocenters. The fourth-order valence-electron chi connectivity index (χ4n) is 2.45. The number of aromatic nitrogens is 5. The maximum atomic E-state index is 12.3. The molecule has 0 saturated carbocycles. The first-order valence-corrected chi connectivity index (χ1v) is 7.96. The third-order valence-corrected chi connectivity index (χ3v) is 3.98. The van der Waals surface area contributed by atoms with Gasteiger partial charge >= 0.3 is 0 Å². The van der Waals surface area contributed by atoms with Crippen molar-refractivity contribution in [1.29, 1.82) is 0 Å². The molecular weight excluding hydrogens is 340 g/mol. The van der Waals surface area contributed by atoms with Gasteiger partial charge in [0.15, 0.2) is 11.5 Å². The fourth-order valence-corrected chi connectivity index (χ4v) is 2.57. The molecule has 1 amide bonds. The summed E-state index contributed by atoms with van der Waals surface area (Å²) in [6, 6.07) is 12.8. The Morgan fingerprint density at radius 3 is 2.80 bits per heavy atom. The standard InChI is InChI=1S/C17H13ClN6O/c18-13-4-6-14(7-5-13)24-11-12(9-20-24)17(25)19-10-16-22-21-15-3-1-2-8-23(15)16/h1-9,11H,10H2,(H,19,25). The minimum absolute atomic E-state index is 0.229. The summed E-state index contributed by atoms with van der Waals surface area (Å²) in [6.45, 7) is 0.274. The summed E-state index contributed by atoms with van der Waals surface area (Å²) in [6.07, 6.45) is 5.04. The molecule has 0 bridgehead atoms. The fraction of sp³-hybridized carbons (Fsp3) is 0.0588. The van der Waals surface area contributed by atoms with Crippen LogP contribution in [0.2, 0.25) is 5.02 Å². The molecule has 1 aromatic carbocycles. The number of fused-ring (bicyclic) bond motifs is 1. The van der Waals surface area contributed by atoms with Gasteiger partial charge in [-0.3, -0.25) is 9.20 Å². The summed E-state index contributed by atoms with van der Waals surface area (Å²) in [4.78, 5) is 12.3. The maximum absolute atomic E-state index is 12.3. The number of carbonyl (C=O) groups is 1. The van der Waals surface area contributed by atoms with E-state index in [1.807, 2.05) is 40.9 Å². The van der Waals surface area contributed by atoms with E-state index in [1.165, 1.54) is 6.20 Å². The van der Waals surface area contributed by atoms with Crippen molar-refractivity contribution in [3.05, 3.63) is 77.5 Å². The lowest BCUT2D eigenvalue weighted by Crippen LogP contribution is -2.23. The molecule has 4 rings (SSSR count). The van der Waals surface area contributed by atoms with Crippen LogP contribution in [-0.4, -0.2) is 30.3 Å². The highest BCUT2D eigenvalue weighted by atomic mass is 35.5. The first kappa shape index (κ1) is 15.3. The molecule has 0 aliphatic rings. The van der Waals surface area contributed by atoms with Crippen molar-refractivity contribution in [3.63, 3.8) is 0 Å². The highest BCUT2D eigenvalue weighted by Crippen LogP contribution is 2.13. The van der Waals surface area contributed by atoms with Crippen molar-refractivity contribution in [1.82, 2.24) is 29.7 Å². The van der Waals surface area contributed by atoms with Gasteiger partial charge in [-0.05, 0) is 36.4 Å². The Morgan fingerprint density at radius 2 is 1.96 bits per heavy atom. The van der Waals surface area contributed by atoms with Crippen molar-refractivity contribution < 1.29 is 4.79 Å². The van der Waals surface area contributed by atoms with Gasteiger partial charge in [0.2, 0.25) is 0 Å². The van der Waals surface area contributed by atoms with Crippen molar-refractivity contribution in [2.24, 2.45) is 0 Å². The first-order chi connectivity index (χ1) is 12.2. The minimum atomic E-state index is -0.229. The van der Waals surface area contributed by atoms with Crippen LogP contribution in [0.3, 0.4) is 0 Å². The molecule has 7 nitrogen and oxygen atoms in total. The van der Waals surface area contributed by atoms with E-state index < -0.39 is 0 Å². The average Bonchev–Trinajstić information content (AvgIpc) is 3.28.